The van der Waals surface area contributed by atoms with Gasteiger partial charge in [-0.3, -0.25) is 14.6 Å². The zero-order chi connectivity index (χ0) is 16.4. The molecule has 1 heterocycles. The van der Waals surface area contributed by atoms with E-state index in [1.165, 1.54) is 0 Å². The van der Waals surface area contributed by atoms with Gasteiger partial charge in [-0.25, -0.2) is 0 Å². The van der Waals surface area contributed by atoms with Crippen molar-refractivity contribution >= 4 is 29.0 Å². The molecule has 1 saturated carbocycles. The van der Waals surface area contributed by atoms with Crippen molar-refractivity contribution in [3.63, 3.8) is 0 Å². The highest BCUT2D eigenvalue weighted by Gasteiger charge is 2.23. The molecule has 1 aliphatic rings. The summed E-state index contributed by atoms with van der Waals surface area (Å²) in [6, 6.07) is 4.77. The molecule has 0 radical (unpaired) electrons. The summed E-state index contributed by atoms with van der Waals surface area (Å²) in [5, 5.41) is 13.3. The maximum atomic E-state index is 12.2. The number of H-pyrrole nitrogens is 2. The van der Waals surface area contributed by atoms with E-state index in [2.05, 4.69) is 15.3 Å². The van der Waals surface area contributed by atoms with E-state index in [1.807, 2.05) is 0 Å². The van der Waals surface area contributed by atoms with Gasteiger partial charge >= 0.3 is 0 Å². The molecule has 1 unspecified atom stereocenters. The van der Waals surface area contributed by atoms with E-state index in [0.717, 1.165) is 25.7 Å². The third kappa shape index (κ3) is 3.51. The van der Waals surface area contributed by atoms with Gasteiger partial charge in [0.25, 0.3) is 11.5 Å². The first-order valence-corrected chi connectivity index (χ1v) is 8.18. The molecule has 0 saturated heterocycles. The fourth-order valence-corrected chi connectivity index (χ4v) is 3.32. The van der Waals surface area contributed by atoms with Crippen LogP contribution >= 0.6 is 12.2 Å². The van der Waals surface area contributed by atoms with E-state index in [1.54, 1.807) is 18.2 Å². The Bertz CT molecular complexity index is 836. The lowest BCUT2D eigenvalue weighted by atomic mass is 10.0. The topological polar surface area (TPSA) is 98.0 Å². The van der Waals surface area contributed by atoms with Crippen LogP contribution < -0.4 is 10.9 Å². The van der Waals surface area contributed by atoms with E-state index in [4.69, 9.17) is 12.2 Å². The summed E-state index contributed by atoms with van der Waals surface area (Å²) in [6.45, 7) is 0.243. The fourth-order valence-electron chi connectivity index (χ4n) is 3.12. The van der Waals surface area contributed by atoms with Gasteiger partial charge in [-0.05, 0) is 49.2 Å². The van der Waals surface area contributed by atoms with Crippen LogP contribution in [0.2, 0.25) is 0 Å². The van der Waals surface area contributed by atoms with Crippen LogP contribution in [0.5, 0.6) is 0 Å². The lowest BCUT2D eigenvalue weighted by Gasteiger charge is -2.18. The van der Waals surface area contributed by atoms with Gasteiger partial charge in [-0.2, -0.15) is 0 Å². The van der Waals surface area contributed by atoms with Crippen molar-refractivity contribution < 1.29 is 9.90 Å². The first-order chi connectivity index (χ1) is 11.0. The summed E-state index contributed by atoms with van der Waals surface area (Å²) >= 11 is 4.94. The van der Waals surface area contributed by atoms with Crippen molar-refractivity contribution in [2.24, 2.45) is 5.92 Å². The summed E-state index contributed by atoms with van der Waals surface area (Å²) in [4.78, 5) is 29.4. The Hall–Kier alpha value is -1.99. The quantitative estimate of drug-likeness (QED) is 0.642. The largest absolute Gasteiger partial charge is 0.391 e. The zero-order valence-electron chi connectivity index (χ0n) is 12.6. The van der Waals surface area contributed by atoms with Gasteiger partial charge < -0.3 is 15.4 Å². The summed E-state index contributed by atoms with van der Waals surface area (Å²) < 4.78 is 0.219. The minimum absolute atomic E-state index is 0.219. The summed E-state index contributed by atoms with van der Waals surface area (Å²) in [5.74, 6) is 0.00474. The number of nitrogens with one attached hydrogen (secondary N) is 3. The third-order valence-electron chi connectivity index (χ3n) is 4.42. The Balaban J connectivity index is 1.73. The molecule has 0 aliphatic heterocycles. The molecule has 23 heavy (non-hydrogen) atoms. The van der Waals surface area contributed by atoms with Gasteiger partial charge in [0.1, 0.15) is 0 Å². The third-order valence-corrected chi connectivity index (χ3v) is 4.62. The maximum Gasteiger partial charge on any atom is 0.259 e. The predicted octanol–water partition coefficient (Wildman–Crippen LogP) is 1.87. The van der Waals surface area contributed by atoms with Crippen LogP contribution in [0.3, 0.4) is 0 Å². The minimum atomic E-state index is -0.504. The zero-order valence-corrected chi connectivity index (χ0v) is 13.4. The van der Waals surface area contributed by atoms with Gasteiger partial charge in [-0.1, -0.05) is 12.8 Å². The number of carbonyl (C=O) groups excluding carboxylic acids is 1. The van der Waals surface area contributed by atoms with Crippen LogP contribution in [-0.2, 0) is 0 Å². The van der Waals surface area contributed by atoms with Crippen molar-refractivity contribution in [1.82, 2.24) is 15.3 Å². The maximum absolute atomic E-state index is 12.2. The van der Waals surface area contributed by atoms with Crippen molar-refractivity contribution in [1.29, 1.82) is 0 Å². The first kappa shape index (κ1) is 15.9. The van der Waals surface area contributed by atoms with Crippen molar-refractivity contribution in [3.05, 3.63) is 38.9 Å². The van der Waals surface area contributed by atoms with Crippen LogP contribution in [0.1, 0.15) is 36.0 Å². The van der Waals surface area contributed by atoms with Crippen LogP contribution in [0.4, 0.5) is 0 Å². The highest BCUT2D eigenvalue weighted by atomic mass is 32.1. The summed E-state index contributed by atoms with van der Waals surface area (Å²) in [6.07, 6.45) is 3.83. The van der Waals surface area contributed by atoms with E-state index >= 15 is 0 Å². The Morgan fingerprint density at radius 2 is 2.09 bits per heavy atom. The SMILES string of the molecule is O=C(NCC(O)C1CCCC1)c1ccc2c(=O)[nH]c(=S)[nH]c2c1. The lowest BCUT2D eigenvalue weighted by molar-refractivity contribution is 0.0840. The second-order valence-corrected chi connectivity index (χ2v) is 6.40. The molecule has 1 aromatic heterocycles. The van der Waals surface area contributed by atoms with E-state index < -0.39 is 6.10 Å². The molecular weight excluding hydrogens is 314 g/mol. The molecule has 2 aromatic rings. The van der Waals surface area contributed by atoms with Gasteiger partial charge in [-0.15, -0.1) is 0 Å². The molecule has 7 heteroatoms. The smallest absolute Gasteiger partial charge is 0.259 e. The highest BCUT2D eigenvalue weighted by Crippen LogP contribution is 2.27. The molecule has 0 bridgehead atoms. The molecule has 1 aromatic carbocycles. The molecular formula is C16H19N3O3S. The highest BCUT2D eigenvalue weighted by molar-refractivity contribution is 7.71. The molecule has 0 spiro atoms. The average molecular weight is 333 g/mol. The number of aliphatic hydroxyl groups is 1. The lowest BCUT2D eigenvalue weighted by Crippen LogP contribution is -2.35. The molecule has 1 fully saturated rings. The second-order valence-electron chi connectivity index (χ2n) is 5.99. The van der Waals surface area contributed by atoms with Crippen LogP contribution in [0, 0.1) is 10.7 Å². The number of benzene rings is 1. The average Bonchev–Trinajstić information content (AvgIpc) is 3.06. The van der Waals surface area contributed by atoms with Gasteiger partial charge in [0, 0.05) is 12.1 Å². The van der Waals surface area contributed by atoms with Crippen molar-refractivity contribution in [2.45, 2.75) is 31.8 Å². The normalized spacial score (nSPS) is 16.6. The number of amides is 1. The fraction of sp³-hybridized carbons (Fsp3) is 0.438. The molecule has 1 aliphatic carbocycles. The number of carbonyl (C=O) groups is 1. The Morgan fingerprint density at radius 3 is 2.83 bits per heavy atom. The summed E-state index contributed by atoms with van der Waals surface area (Å²) in [7, 11) is 0. The number of fused-ring (bicyclic) bond motifs is 1. The number of hydrogen-bond acceptors (Lipinski definition) is 4. The van der Waals surface area contributed by atoms with Gasteiger partial charge in [0.05, 0.1) is 17.0 Å². The van der Waals surface area contributed by atoms with E-state index in [0.29, 0.717) is 16.5 Å². The molecule has 1 amide bonds. The van der Waals surface area contributed by atoms with Crippen LogP contribution in [0.25, 0.3) is 10.9 Å². The number of rotatable bonds is 4. The number of aromatic amines is 2. The monoisotopic (exact) mass is 333 g/mol. The van der Waals surface area contributed by atoms with Crippen LogP contribution in [0.15, 0.2) is 23.0 Å². The van der Waals surface area contributed by atoms with Crippen molar-refractivity contribution in [2.75, 3.05) is 6.54 Å². The van der Waals surface area contributed by atoms with Gasteiger partial charge in [0.15, 0.2) is 4.77 Å². The van der Waals surface area contributed by atoms with Crippen LogP contribution in [-0.4, -0.2) is 33.6 Å². The Labute approximate surface area is 137 Å². The Kier molecular flexibility index (Phi) is 4.58. The molecule has 4 N–H and O–H groups in total. The first-order valence-electron chi connectivity index (χ1n) is 7.77. The van der Waals surface area contributed by atoms with E-state index in [9.17, 15) is 14.7 Å². The molecule has 1 atom stereocenters. The van der Waals surface area contributed by atoms with Gasteiger partial charge in [0.2, 0.25) is 0 Å². The molecule has 122 valence electrons. The summed E-state index contributed by atoms with van der Waals surface area (Å²) in [5.41, 5.74) is 0.655. The number of aliphatic hydroxyl groups excluding tert-OH is 1. The van der Waals surface area contributed by atoms with Crippen molar-refractivity contribution in [3.8, 4) is 0 Å². The minimum Gasteiger partial charge on any atom is -0.391 e. The second kappa shape index (κ2) is 6.64. The molecule has 3 rings (SSSR count). The Morgan fingerprint density at radius 1 is 1.35 bits per heavy atom. The molecule has 6 nitrogen and oxygen atoms in total. The standard InChI is InChI=1S/C16H19N3O3S/c20-13(9-3-1-2-4-9)8-17-14(21)10-5-6-11-12(7-10)18-16(23)19-15(11)22/h5-7,9,13,20H,1-4,8H2,(H,17,21)(H2,18,19,22,23). The van der Waals surface area contributed by atoms with E-state index in [-0.39, 0.29) is 28.7 Å². The number of aromatic nitrogens is 2. The predicted molar refractivity (Wildman–Crippen MR) is 90.1 cm³/mol. The number of hydrogen-bond donors (Lipinski definition) is 4.